The van der Waals surface area contributed by atoms with E-state index in [2.05, 4.69) is 60.4 Å². The van der Waals surface area contributed by atoms with Crippen molar-refractivity contribution in [2.45, 2.75) is 51.5 Å². The Morgan fingerprint density at radius 1 is 1.03 bits per heavy atom. The van der Waals surface area contributed by atoms with Crippen molar-refractivity contribution in [3.05, 3.63) is 59.7 Å². The molecule has 0 radical (unpaired) electrons. The van der Waals surface area contributed by atoms with Crippen LogP contribution >= 0.6 is 0 Å². The highest BCUT2D eigenvalue weighted by Crippen LogP contribution is 2.33. The van der Waals surface area contributed by atoms with Gasteiger partial charge in [0.25, 0.3) is 0 Å². The summed E-state index contributed by atoms with van der Waals surface area (Å²) in [7, 11) is 1.86. The molecule has 2 aliphatic rings. The summed E-state index contributed by atoms with van der Waals surface area (Å²) in [4.78, 5) is 15.9. The van der Waals surface area contributed by atoms with E-state index in [4.69, 9.17) is 4.74 Å². The fourth-order valence-corrected chi connectivity index (χ4v) is 4.27. The van der Waals surface area contributed by atoms with Gasteiger partial charge in [-0.2, -0.15) is 0 Å². The van der Waals surface area contributed by atoms with Crippen LogP contribution in [0.4, 0.5) is 5.69 Å². The molecule has 4 nitrogen and oxygen atoms in total. The SMILES string of the molecule is CC(=O)N(C)C(C)c1ccc(C2CCN(c3ccc(OCC4CC4)cc3)CC2)cc1. The molecule has 1 aliphatic carbocycles. The van der Waals surface area contributed by atoms with Gasteiger partial charge in [-0.3, -0.25) is 4.79 Å². The monoisotopic (exact) mass is 406 g/mol. The van der Waals surface area contributed by atoms with Gasteiger partial charge in [0.15, 0.2) is 0 Å². The Morgan fingerprint density at radius 2 is 1.67 bits per heavy atom. The smallest absolute Gasteiger partial charge is 0.219 e. The lowest BCUT2D eigenvalue weighted by Crippen LogP contribution is -2.32. The molecule has 1 unspecified atom stereocenters. The Morgan fingerprint density at radius 3 is 2.23 bits per heavy atom. The highest BCUT2D eigenvalue weighted by Gasteiger charge is 2.23. The largest absolute Gasteiger partial charge is 0.493 e. The molecule has 0 N–H and O–H groups in total. The summed E-state index contributed by atoms with van der Waals surface area (Å²) in [5.74, 6) is 2.49. The van der Waals surface area contributed by atoms with E-state index in [-0.39, 0.29) is 11.9 Å². The number of benzene rings is 2. The van der Waals surface area contributed by atoms with Crippen molar-refractivity contribution in [2.24, 2.45) is 5.92 Å². The van der Waals surface area contributed by atoms with Crippen molar-refractivity contribution in [3.8, 4) is 5.75 Å². The molecule has 0 aromatic heterocycles. The number of rotatable bonds is 7. The summed E-state index contributed by atoms with van der Waals surface area (Å²) in [5, 5.41) is 0. The van der Waals surface area contributed by atoms with Crippen molar-refractivity contribution in [3.63, 3.8) is 0 Å². The van der Waals surface area contributed by atoms with E-state index in [1.807, 2.05) is 7.05 Å². The molecule has 1 atom stereocenters. The van der Waals surface area contributed by atoms with Crippen LogP contribution in [0.2, 0.25) is 0 Å². The molecule has 1 aliphatic heterocycles. The number of hydrogen-bond acceptors (Lipinski definition) is 3. The van der Waals surface area contributed by atoms with Gasteiger partial charge < -0.3 is 14.5 Å². The van der Waals surface area contributed by atoms with Gasteiger partial charge >= 0.3 is 0 Å². The van der Waals surface area contributed by atoms with E-state index >= 15 is 0 Å². The van der Waals surface area contributed by atoms with Crippen LogP contribution in [0.5, 0.6) is 5.75 Å². The second kappa shape index (κ2) is 9.11. The zero-order chi connectivity index (χ0) is 21.1. The molecule has 2 fully saturated rings. The minimum absolute atomic E-state index is 0.0986. The van der Waals surface area contributed by atoms with Gasteiger partial charge in [-0.25, -0.2) is 0 Å². The normalized spacial score (nSPS) is 18.2. The first kappa shape index (κ1) is 20.8. The zero-order valence-corrected chi connectivity index (χ0v) is 18.5. The number of carbonyl (C=O) groups is 1. The molecule has 160 valence electrons. The molecule has 1 heterocycles. The average Bonchev–Trinajstić information content (AvgIpc) is 3.62. The molecule has 1 saturated heterocycles. The number of anilines is 1. The van der Waals surface area contributed by atoms with Crippen LogP contribution < -0.4 is 9.64 Å². The van der Waals surface area contributed by atoms with E-state index in [0.29, 0.717) is 5.92 Å². The van der Waals surface area contributed by atoms with Crippen LogP contribution in [0.3, 0.4) is 0 Å². The predicted octanol–water partition coefficient (Wildman–Crippen LogP) is 5.40. The Labute approximate surface area is 180 Å². The zero-order valence-electron chi connectivity index (χ0n) is 18.5. The second-order valence-corrected chi connectivity index (χ2v) is 8.98. The molecule has 4 heteroatoms. The minimum Gasteiger partial charge on any atom is -0.493 e. The highest BCUT2D eigenvalue weighted by atomic mass is 16.5. The van der Waals surface area contributed by atoms with Crippen LogP contribution in [0.25, 0.3) is 0 Å². The fraction of sp³-hybridized carbons (Fsp3) is 0.500. The Bertz CT molecular complexity index is 834. The number of carbonyl (C=O) groups excluding carboxylic acids is 1. The van der Waals surface area contributed by atoms with Gasteiger partial charge in [0.1, 0.15) is 5.75 Å². The van der Waals surface area contributed by atoms with E-state index in [0.717, 1.165) is 31.4 Å². The highest BCUT2D eigenvalue weighted by molar-refractivity contribution is 5.73. The van der Waals surface area contributed by atoms with E-state index < -0.39 is 0 Å². The first-order valence-electron chi connectivity index (χ1n) is 11.3. The molecule has 2 aromatic carbocycles. The van der Waals surface area contributed by atoms with E-state index in [9.17, 15) is 4.79 Å². The molecular weight excluding hydrogens is 372 g/mol. The molecule has 0 spiro atoms. The van der Waals surface area contributed by atoms with Crippen LogP contribution in [0.15, 0.2) is 48.5 Å². The third kappa shape index (κ3) is 4.97. The Balaban J connectivity index is 1.30. The number of piperidine rings is 1. The number of hydrogen-bond donors (Lipinski definition) is 0. The predicted molar refractivity (Wildman–Crippen MR) is 122 cm³/mol. The van der Waals surface area contributed by atoms with Crippen LogP contribution in [0, 0.1) is 5.92 Å². The maximum Gasteiger partial charge on any atom is 0.219 e. The average molecular weight is 407 g/mol. The lowest BCUT2D eigenvalue weighted by Gasteiger charge is -2.34. The Kier molecular flexibility index (Phi) is 6.31. The number of nitrogens with zero attached hydrogens (tertiary/aromatic N) is 2. The number of ether oxygens (including phenoxy) is 1. The molecule has 4 rings (SSSR count). The third-order valence-electron chi connectivity index (χ3n) is 6.85. The van der Waals surface area contributed by atoms with Crippen LogP contribution in [-0.4, -0.2) is 37.6 Å². The minimum atomic E-state index is 0.0986. The van der Waals surface area contributed by atoms with Crippen LogP contribution in [-0.2, 0) is 4.79 Å². The van der Waals surface area contributed by atoms with Crippen molar-refractivity contribution in [2.75, 3.05) is 31.6 Å². The Hall–Kier alpha value is -2.49. The van der Waals surface area contributed by atoms with Crippen molar-refractivity contribution < 1.29 is 9.53 Å². The quantitative estimate of drug-likeness (QED) is 0.617. The number of amides is 1. The van der Waals surface area contributed by atoms with Gasteiger partial charge in [0.05, 0.1) is 12.6 Å². The van der Waals surface area contributed by atoms with E-state index in [1.54, 1.807) is 11.8 Å². The first-order chi connectivity index (χ1) is 14.5. The van der Waals surface area contributed by atoms with Gasteiger partial charge in [0.2, 0.25) is 5.91 Å². The van der Waals surface area contributed by atoms with Gasteiger partial charge in [0, 0.05) is 32.7 Å². The van der Waals surface area contributed by atoms with Gasteiger partial charge in [-0.05, 0) is 79.8 Å². The summed E-state index contributed by atoms with van der Waals surface area (Å²) in [5.41, 5.74) is 3.90. The van der Waals surface area contributed by atoms with Crippen LogP contribution in [0.1, 0.15) is 62.6 Å². The third-order valence-corrected chi connectivity index (χ3v) is 6.85. The topological polar surface area (TPSA) is 32.8 Å². The summed E-state index contributed by atoms with van der Waals surface area (Å²) in [6.45, 7) is 6.73. The fourth-order valence-electron chi connectivity index (χ4n) is 4.27. The summed E-state index contributed by atoms with van der Waals surface area (Å²) in [6.07, 6.45) is 4.98. The van der Waals surface area contributed by atoms with Crippen molar-refractivity contribution >= 4 is 11.6 Å². The standard InChI is InChI=1S/C26H34N2O2/c1-19(27(3)20(2)29)22-6-8-23(9-7-22)24-14-16-28(17-15-24)25-10-12-26(13-11-25)30-18-21-4-5-21/h6-13,19,21,24H,4-5,14-18H2,1-3H3. The maximum atomic E-state index is 11.6. The molecule has 30 heavy (non-hydrogen) atoms. The first-order valence-corrected chi connectivity index (χ1v) is 11.3. The summed E-state index contributed by atoms with van der Waals surface area (Å²) in [6, 6.07) is 17.6. The van der Waals surface area contributed by atoms with Crippen molar-refractivity contribution in [1.29, 1.82) is 0 Å². The summed E-state index contributed by atoms with van der Waals surface area (Å²) < 4.78 is 5.86. The van der Waals surface area contributed by atoms with Gasteiger partial charge in [-0.15, -0.1) is 0 Å². The molecule has 1 amide bonds. The molecule has 1 saturated carbocycles. The second-order valence-electron chi connectivity index (χ2n) is 8.98. The van der Waals surface area contributed by atoms with Crippen molar-refractivity contribution in [1.82, 2.24) is 4.90 Å². The van der Waals surface area contributed by atoms with E-state index in [1.165, 1.54) is 42.5 Å². The maximum absolute atomic E-state index is 11.6. The summed E-state index contributed by atoms with van der Waals surface area (Å²) >= 11 is 0. The lowest BCUT2D eigenvalue weighted by atomic mass is 9.88. The molecule has 2 aromatic rings. The van der Waals surface area contributed by atoms with Gasteiger partial charge in [-0.1, -0.05) is 24.3 Å². The molecular formula is C26H34N2O2. The lowest BCUT2D eigenvalue weighted by molar-refractivity contribution is -0.129. The molecule has 0 bridgehead atoms.